The number of epoxide rings is 1. The molecule has 0 aromatic carbocycles. The molecule has 5 aliphatic rings. The van der Waals surface area contributed by atoms with Crippen molar-refractivity contribution in [2.24, 2.45) is 23.2 Å². The van der Waals surface area contributed by atoms with Crippen molar-refractivity contribution in [3.63, 3.8) is 0 Å². The second kappa shape index (κ2) is 5.93. The number of piperazine rings is 1. The molecule has 3 heterocycles. The standard InChI is InChI=1S/C21H32N2O4/c1-13-5-4-6-20(3)11-16-17(18-21(13,20)27-18)15(19(25)26-16)12-22-7-9-23(10-8-22)14(2)24/h13,15-18H,4-12H2,1-3H3/t13-,15+,16+,17+,18+,20+,21+/m0/s1. The predicted molar refractivity (Wildman–Crippen MR) is 98.9 cm³/mol. The Hall–Kier alpha value is -1.14. The van der Waals surface area contributed by atoms with Gasteiger partial charge in [0, 0.05) is 51.0 Å². The number of nitrogens with zero attached hydrogens (tertiary/aromatic N) is 2. The first kappa shape index (κ1) is 17.9. The minimum atomic E-state index is -0.0815. The number of esters is 1. The van der Waals surface area contributed by atoms with Gasteiger partial charge in [-0.25, -0.2) is 0 Å². The van der Waals surface area contributed by atoms with E-state index in [-0.39, 0.29) is 46.9 Å². The third-order valence-corrected chi connectivity index (χ3v) is 8.47. The van der Waals surface area contributed by atoms with E-state index in [1.54, 1.807) is 6.92 Å². The van der Waals surface area contributed by atoms with Crippen molar-refractivity contribution in [2.75, 3.05) is 32.7 Å². The quantitative estimate of drug-likeness (QED) is 0.542. The number of hydrogen-bond donors (Lipinski definition) is 0. The number of carbonyl (C=O) groups is 2. The predicted octanol–water partition coefficient (Wildman–Crippen LogP) is 1.68. The summed E-state index contributed by atoms with van der Waals surface area (Å²) in [5.41, 5.74) is 0.130. The van der Waals surface area contributed by atoms with Crippen LogP contribution >= 0.6 is 0 Å². The number of ether oxygens (including phenoxy) is 2. The topological polar surface area (TPSA) is 62.4 Å². The molecule has 6 nitrogen and oxygen atoms in total. The summed E-state index contributed by atoms with van der Waals surface area (Å²) in [4.78, 5) is 28.5. The van der Waals surface area contributed by atoms with Gasteiger partial charge in [-0.2, -0.15) is 0 Å². The third-order valence-electron chi connectivity index (χ3n) is 8.47. The van der Waals surface area contributed by atoms with Crippen LogP contribution in [0.15, 0.2) is 0 Å². The highest BCUT2D eigenvalue weighted by molar-refractivity contribution is 5.76. The van der Waals surface area contributed by atoms with E-state index in [1.165, 1.54) is 19.3 Å². The highest BCUT2D eigenvalue weighted by Crippen LogP contribution is 2.70. The van der Waals surface area contributed by atoms with Gasteiger partial charge in [-0.3, -0.25) is 14.5 Å². The highest BCUT2D eigenvalue weighted by atomic mass is 16.6. The van der Waals surface area contributed by atoms with E-state index in [1.807, 2.05) is 4.90 Å². The fourth-order valence-electron chi connectivity index (χ4n) is 6.97. The molecule has 1 spiro atoms. The van der Waals surface area contributed by atoms with E-state index in [9.17, 15) is 9.59 Å². The van der Waals surface area contributed by atoms with Crippen LogP contribution in [0.25, 0.3) is 0 Å². The Balaban J connectivity index is 1.32. The zero-order valence-electron chi connectivity index (χ0n) is 16.8. The maximum absolute atomic E-state index is 12.8. The Labute approximate surface area is 161 Å². The number of rotatable bonds is 2. The number of fused-ring (bicyclic) bond motifs is 2. The number of carbonyl (C=O) groups excluding carboxylic acids is 2. The maximum Gasteiger partial charge on any atom is 0.311 e. The Morgan fingerprint density at radius 3 is 2.70 bits per heavy atom. The van der Waals surface area contributed by atoms with E-state index >= 15 is 0 Å². The van der Waals surface area contributed by atoms with Crippen LogP contribution in [0.3, 0.4) is 0 Å². The lowest BCUT2D eigenvalue weighted by Gasteiger charge is -2.49. The van der Waals surface area contributed by atoms with Crippen LogP contribution in [-0.2, 0) is 19.1 Å². The SMILES string of the molecule is CC(=O)N1CCN(C[C@H]2C(=O)O[C@@H]3C[C@@]4(C)CCC[C@H](C)[C@]45O[C@@H]5[C@@H]32)CC1. The molecule has 0 N–H and O–H groups in total. The van der Waals surface area contributed by atoms with Gasteiger partial charge < -0.3 is 14.4 Å². The van der Waals surface area contributed by atoms with Crippen molar-refractivity contribution in [1.82, 2.24) is 9.80 Å². The Kier molecular flexibility index (Phi) is 3.94. The van der Waals surface area contributed by atoms with E-state index in [0.29, 0.717) is 5.92 Å². The lowest BCUT2D eigenvalue weighted by molar-refractivity contribution is -0.147. The average Bonchev–Trinajstić information content (AvgIpc) is 3.31. The molecule has 2 aliphatic carbocycles. The van der Waals surface area contributed by atoms with Crippen molar-refractivity contribution < 1.29 is 19.1 Å². The summed E-state index contributed by atoms with van der Waals surface area (Å²) in [7, 11) is 0. The lowest BCUT2D eigenvalue weighted by atomic mass is 9.53. The Bertz CT molecular complexity index is 661. The largest absolute Gasteiger partial charge is 0.462 e. The summed E-state index contributed by atoms with van der Waals surface area (Å²) in [6.07, 6.45) is 4.84. The van der Waals surface area contributed by atoms with Gasteiger partial charge >= 0.3 is 5.97 Å². The summed E-state index contributed by atoms with van der Waals surface area (Å²) in [6.45, 7) is 10.3. The van der Waals surface area contributed by atoms with Crippen LogP contribution in [0.2, 0.25) is 0 Å². The second-order valence-corrected chi connectivity index (χ2v) is 9.86. The molecule has 3 aliphatic heterocycles. The first-order chi connectivity index (χ1) is 12.9. The molecule has 0 aromatic heterocycles. The van der Waals surface area contributed by atoms with Crippen LogP contribution in [0.5, 0.6) is 0 Å². The van der Waals surface area contributed by atoms with Gasteiger partial charge in [0.2, 0.25) is 5.91 Å². The van der Waals surface area contributed by atoms with Crippen LogP contribution in [-0.4, -0.2) is 72.2 Å². The zero-order valence-corrected chi connectivity index (χ0v) is 16.8. The molecule has 7 atom stereocenters. The van der Waals surface area contributed by atoms with Crippen LogP contribution < -0.4 is 0 Å². The van der Waals surface area contributed by atoms with Gasteiger partial charge in [-0.15, -0.1) is 0 Å². The molecule has 6 heteroatoms. The van der Waals surface area contributed by atoms with Crippen LogP contribution in [0, 0.1) is 23.2 Å². The maximum atomic E-state index is 12.8. The summed E-state index contributed by atoms with van der Waals surface area (Å²) < 4.78 is 12.4. The highest BCUT2D eigenvalue weighted by Gasteiger charge is 2.78. The molecule has 1 amide bonds. The Morgan fingerprint density at radius 2 is 2.00 bits per heavy atom. The fraction of sp³-hybridized carbons (Fsp3) is 0.905. The zero-order chi connectivity index (χ0) is 19.0. The van der Waals surface area contributed by atoms with Crippen molar-refractivity contribution >= 4 is 11.9 Å². The monoisotopic (exact) mass is 376 g/mol. The summed E-state index contributed by atoms with van der Waals surface area (Å²) in [5.74, 6) is 0.803. The molecule has 5 rings (SSSR count). The number of hydrogen-bond acceptors (Lipinski definition) is 5. The van der Waals surface area contributed by atoms with Crippen LogP contribution in [0.4, 0.5) is 0 Å². The summed E-state index contributed by atoms with van der Waals surface area (Å²) in [6, 6.07) is 0. The summed E-state index contributed by atoms with van der Waals surface area (Å²) >= 11 is 0. The third kappa shape index (κ3) is 2.45. The van der Waals surface area contributed by atoms with Crippen molar-refractivity contribution in [3.8, 4) is 0 Å². The van der Waals surface area contributed by atoms with E-state index in [2.05, 4.69) is 18.7 Å². The first-order valence-electron chi connectivity index (χ1n) is 10.7. The average molecular weight is 376 g/mol. The molecule has 3 saturated heterocycles. The molecule has 2 saturated carbocycles. The number of amides is 1. The molecule has 5 fully saturated rings. The van der Waals surface area contributed by atoms with E-state index < -0.39 is 0 Å². The second-order valence-electron chi connectivity index (χ2n) is 9.86. The molecular formula is C21H32N2O4. The molecule has 0 unspecified atom stereocenters. The fourth-order valence-corrected chi connectivity index (χ4v) is 6.97. The van der Waals surface area contributed by atoms with Gasteiger partial charge in [0.25, 0.3) is 0 Å². The summed E-state index contributed by atoms with van der Waals surface area (Å²) in [5, 5.41) is 0. The molecule has 150 valence electrons. The lowest BCUT2D eigenvalue weighted by Crippen LogP contribution is -2.55. The molecule has 0 radical (unpaired) electrons. The minimum Gasteiger partial charge on any atom is -0.462 e. The smallest absolute Gasteiger partial charge is 0.311 e. The molecule has 27 heavy (non-hydrogen) atoms. The van der Waals surface area contributed by atoms with Gasteiger partial charge in [-0.05, 0) is 25.2 Å². The van der Waals surface area contributed by atoms with Crippen molar-refractivity contribution in [1.29, 1.82) is 0 Å². The van der Waals surface area contributed by atoms with Crippen LogP contribution in [0.1, 0.15) is 46.5 Å². The van der Waals surface area contributed by atoms with Gasteiger partial charge in [0.15, 0.2) is 0 Å². The Morgan fingerprint density at radius 1 is 1.26 bits per heavy atom. The van der Waals surface area contributed by atoms with E-state index in [4.69, 9.17) is 9.47 Å². The van der Waals surface area contributed by atoms with Gasteiger partial charge in [0.05, 0.1) is 12.0 Å². The van der Waals surface area contributed by atoms with Gasteiger partial charge in [-0.1, -0.05) is 20.3 Å². The van der Waals surface area contributed by atoms with Crippen molar-refractivity contribution in [3.05, 3.63) is 0 Å². The first-order valence-corrected chi connectivity index (χ1v) is 10.7. The minimum absolute atomic E-state index is 0.0219. The molecule has 0 aromatic rings. The van der Waals surface area contributed by atoms with Gasteiger partial charge in [0.1, 0.15) is 11.7 Å². The normalized spacial score (nSPS) is 49.1. The van der Waals surface area contributed by atoms with Crippen molar-refractivity contribution in [2.45, 2.75) is 64.3 Å². The molecular weight excluding hydrogens is 344 g/mol. The molecule has 0 bridgehead atoms. The van der Waals surface area contributed by atoms with E-state index in [0.717, 1.165) is 39.1 Å².